The number of hydrogen-bond donors (Lipinski definition) is 2. The summed E-state index contributed by atoms with van der Waals surface area (Å²) in [4.78, 5) is 2.17. The van der Waals surface area contributed by atoms with Crippen LogP contribution in [-0.2, 0) is 9.47 Å². The molecule has 0 aliphatic rings. The fourth-order valence-corrected chi connectivity index (χ4v) is 5.62. The van der Waals surface area contributed by atoms with Crippen LogP contribution in [0.15, 0.2) is 48.6 Å². The predicted molar refractivity (Wildman–Crippen MR) is 214 cm³/mol. The smallest absolute Gasteiger partial charge is 0.0970 e. The maximum absolute atomic E-state index is 6.10. The Morgan fingerprint density at radius 1 is 0.479 bits per heavy atom. The number of unbranched alkanes of at least 4 members (excludes halogenated alkanes) is 18. The normalized spacial score (nSPS) is 13.1. The van der Waals surface area contributed by atoms with E-state index in [0.717, 1.165) is 32.5 Å². The topological polar surface area (TPSA) is 45.8 Å². The third-order valence-corrected chi connectivity index (χ3v) is 8.61. The molecule has 0 aromatic heterocycles. The molecule has 0 heterocycles. The van der Waals surface area contributed by atoms with Gasteiger partial charge in [0.05, 0.1) is 26.2 Å². The first-order chi connectivity index (χ1) is 23.7. The minimum absolute atomic E-state index is 0.0898. The van der Waals surface area contributed by atoms with Crippen LogP contribution >= 0.6 is 0 Å². The van der Waals surface area contributed by atoms with Crippen molar-refractivity contribution in [3.05, 3.63) is 48.6 Å². The number of nitrogens with zero attached hydrogens (tertiary/aromatic N) is 1. The maximum Gasteiger partial charge on any atom is 0.0970 e. The second-order valence-corrected chi connectivity index (χ2v) is 13.9. The molecule has 0 saturated carbocycles. The molecule has 0 amide bonds. The predicted octanol–water partition coefficient (Wildman–Crippen LogP) is 11.7. The van der Waals surface area contributed by atoms with Crippen LogP contribution in [0.4, 0.5) is 0 Å². The van der Waals surface area contributed by atoms with Gasteiger partial charge in [0, 0.05) is 6.54 Å². The van der Waals surface area contributed by atoms with E-state index in [1.165, 1.54) is 141 Å². The zero-order valence-electron chi connectivity index (χ0n) is 32.7. The summed E-state index contributed by atoms with van der Waals surface area (Å²) in [5.41, 5.74) is 0. The monoisotopic (exact) mass is 674 g/mol. The fourth-order valence-electron chi connectivity index (χ4n) is 5.62. The lowest BCUT2D eigenvalue weighted by Crippen LogP contribution is -2.36. The number of nitrogens with one attached hydrogen (secondary N) is 2. The van der Waals surface area contributed by atoms with E-state index >= 15 is 0 Å². The molecule has 1 unspecified atom stereocenters. The lowest BCUT2D eigenvalue weighted by molar-refractivity contribution is -0.0367. The van der Waals surface area contributed by atoms with E-state index in [1.54, 1.807) is 0 Å². The van der Waals surface area contributed by atoms with Crippen molar-refractivity contribution in [1.82, 2.24) is 15.5 Å². The van der Waals surface area contributed by atoms with Crippen LogP contribution in [0.2, 0.25) is 0 Å². The zero-order chi connectivity index (χ0) is 34.9. The van der Waals surface area contributed by atoms with Gasteiger partial charge in [0.1, 0.15) is 0 Å². The van der Waals surface area contributed by atoms with Crippen molar-refractivity contribution in [3.63, 3.8) is 0 Å². The highest BCUT2D eigenvalue weighted by molar-refractivity contribution is 4.93. The van der Waals surface area contributed by atoms with Gasteiger partial charge >= 0.3 is 0 Å². The maximum atomic E-state index is 6.10. The number of allylic oxidation sites excluding steroid dienone is 8. The average molecular weight is 674 g/mol. The van der Waals surface area contributed by atoms with Gasteiger partial charge in [-0.15, -0.1) is 0 Å². The minimum Gasteiger partial charge on any atom is -0.364 e. The summed E-state index contributed by atoms with van der Waals surface area (Å²) in [6.45, 7) is 9.29. The van der Waals surface area contributed by atoms with Crippen LogP contribution in [0, 0.1) is 0 Å². The molecule has 0 aromatic rings. The third kappa shape index (κ3) is 40.9. The third-order valence-electron chi connectivity index (χ3n) is 8.61. The standard InChI is InChI=1S/C43H83N3O2/c1-5-7-9-11-13-15-17-19-21-23-25-27-29-31-33-35-37-44-41-47-40-43(39-46(3)4)48-42-45-38-36-34-32-30-28-26-24-22-20-18-16-14-12-10-8-6-2/h13-16,19-22,43-45H,5-12,17-18,23-42H2,1-4H3/b15-13-,16-14-,21-19-,22-20-. The van der Waals surface area contributed by atoms with Crippen LogP contribution in [0.3, 0.4) is 0 Å². The Morgan fingerprint density at radius 3 is 1.31 bits per heavy atom. The zero-order valence-corrected chi connectivity index (χ0v) is 32.7. The Kier molecular flexibility index (Phi) is 40.8. The van der Waals surface area contributed by atoms with Crippen LogP contribution < -0.4 is 10.6 Å². The summed E-state index contributed by atoms with van der Waals surface area (Å²) in [6, 6.07) is 0. The van der Waals surface area contributed by atoms with Crippen molar-refractivity contribution in [2.75, 3.05) is 53.8 Å². The van der Waals surface area contributed by atoms with E-state index in [2.05, 4.69) is 92.1 Å². The van der Waals surface area contributed by atoms with Crippen molar-refractivity contribution in [2.24, 2.45) is 0 Å². The van der Waals surface area contributed by atoms with Crippen molar-refractivity contribution in [2.45, 2.75) is 174 Å². The lowest BCUT2D eigenvalue weighted by Gasteiger charge is -2.22. The van der Waals surface area contributed by atoms with Gasteiger partial charge in [-0.25, -0.2) is 0 Å². The van der Waals surface area contributed by atoms with Gasteiger partial charge in [0.2, 0.25) is 0 Å². The molecular weight excluding hydrogens is 590 g/mol. The first-order valence-corrected chi connectivity index (χ1v) is 20.6. The number of likely N-dealkylation sites (N-methyl/N-ethyl adjacent to an activating group) is 1. The molecule has 0 aliphatic heterocycles. The van der Waals surface area contributed by atoms with E-state index < -0.39 is 0 Å². The van der Waals surface area contributed by atoms with E-state index in [4.69, 9.17) is 9.47 Å². The molecule has 0 aromatic carbocycles. The van der Waals surface area contributed by atoms with Crippen molar-refractivity contribution >= 4 is 0 Å². The van der Waals surface area contributed by atoms with Gasteiger partial charge in [0.15, 0.2) is 0 Å². The first kappa shape index (κ1) is 46.8. The molecule has 5 nitrogen and oxygen atoms in total. The van der Waals surface area contributed by atoms with E-state index in [9.17, 15) is 0 Å². The molecule has 0 fully saturated rings. The summed E-state index contributed by atoms with van der Waals surface area (Å²) in [5, 5.41) is 6.92. The van der Waals surface area contributed by atoms with Gasteiger partial charge < -0.3 is 14.4 Å². The lowest BCUT2D eigenvalue weighted by atomic mass is 10.1. The number of rotatable bonds is 39. The fraction of sp³-hybridized carbons (Fsp3) is 0.814. The Balaban J connectivity index is 3.53. The molecule has 282 valence electrons. The van der Waals surface area contributed by atoms with Gasteiger partial charge in [-0.3, -0.25) is 10.6 Å². The molecule has 0 saturated heterocycles. The van der Waals surface area contributed by atoms with Crippen LogP contribution in [0.25, 0.3) is 0 Å². The molecule has 0 aliphatic carbocycles. The minimum atomic E-state index is 0.0898. The number of hydrogen-bond acceptors (Lipinski definition) is 5. The van der Waals surface area contributed by atoms with E-state index in [1.807, 2.05) is 0 Å². The second-order valence-electron chi connectivity index (χ2n) is 13.9. The average Bonchev–Trinajstić information content (AvgIpc) is 3.08. The summed E-state index contributed by atoms with van der Waals surface area (Å²) < 4.78 is 12.0. The first-order valence-electron chi connectivity index (χ1n) is 20.6. The molecular formula is C43H83N3O2. The van der Waals surface area contributed by atoms with Crippen molar-refractivity contribution in [1.29, 1.82) is 0 Å². The highest BCUT2D eigenvalue weighted by Crippen LogP contribution is 2.09. The number of ether oxygens (including phenoxy) is 2. The summed E-state index contributed by atoms with van der Waals surface area (Å²) in [6.07, 6.45) is 49.8. The molecule has 5 heteroatoms. The molecule has 2 N–H and O–H groups in total. The largest absolute Gasteiger partial charge is 0.364 e. The van der Waals surface area contributed by atoms with Crippen LogP contribution in [0.5, 0.6) is 0 Å². The summed E-state index contributed by atoms with van der Waals surface area (Å²) in [7, 11) is 4.19. The second kappa shape index (κ2) is 41.9. The SMILES string of the molecule is CCCCC/C=C\C/C=C\CCCCCCCCNCOCC(CN(C)C)OCNCCCCCCCC/C=C\C/C=C\CCCCC. The van der Waals surface area contributed by atoms with Gasteiger partial charge in [-0.05, 0) is 104 Å². The highest BCUT2D eigenvalue weighted by Gasteiger charge is 2.10. The van der Waals surface area contributed by atoms with Crippen LogP contribution in [-0.4, -0.2) is 64.8 Å². The summed E-state index contributed by atoms with van der Waals surface area (Å²) >= 11 is 0. The summed E-state index contributed by atoms with van der Waals surface area (Å²) in [5.74, 6) is 0. The Bertz CT molecular complexity index is 719. The molecule has 48 heavy (non-hydrogen) atoms. The van der Waals surface area contributed by atoms with Crippen molar-refractivity contribution in [3.8, 4) is 0 Å². The highest BCUT2D eigenvalue weighted by atomic mass is 16.5. The Hall–Kier alpha value is -1.24. The van der Waals surface area contributed by atoms with E-state index in [-0.39, 0.29) is 6.10 Å². The van der Waals surface area contributed by atoms with E-state index in [0.29, 0.717) is 20.1 Å². The van der Waals surface area contributed by atoms with Crippen LogP contribution in [0.1, 0.15) is 168 Å². The molecule has 0 radical (unpaired) electrons. The van der Waals surface area contributed by atoms with Gasteiger partial charge in [0.25, 0.3) is 0 Å². The molecule has 0 bridgehead atoms. The molecule has 0 spiro atoms. The molecule has 1 atom stereocenters. The van der Waals surface area contributed by atoms with Gasteiger partial charge in [-0.2, -0.15) is 0 Å². The van der Waals surface area contributed by atoms with Gasteiger partial charge in [-0.1, -0.05) is 140 Å². The van der Waals surface area contributed by atoms with Crippen molar-refractivity contribution < 1.29 is 9.47 Å². The quantitative estimate of drug-likeness (QED) is 0.0386. The Morgan fingerprint density at radius 2 is 0.875 bits per heavy atom. The Labute approximate surface area is 300 Å². The molecule has 0 rings (SSSR count).